The molecule has 0 fully saturated rings. The lowest BCUT2D eigenvalue weighted by atomic mass is 10.1. The van der Waals surface area contributed by atoms with Crippen LogP contribution in [0.15, 0.2) is 12.0 Å². The number of carbonyl (C=O) groups is 1. The van der Waals surface area contributed by atoms with Gasteiger partial charge < -0.3 is 15.6 Å². The Hall–Kier alpha value is -1.13. The molecule has 8 heavy (non-hydrogen) atoms. The zero-order chi connectivity index (χ0) is 5.98. The molecule has 3 N–H and O–H groups in total. The number of aliphatic hydroxyl groups is 1. The van der Waals surface area contributed by atoms with Crippen LogP contribution in [0.25, 0.3) is 0 Å². The summed E-state index contributed by atoms with van der Waals surface area (Å²) in [5.41, 5.74) is 0. The second-order valence-corrected chi connectivity index (χ2v) is 1.33. The Morgan fingerprint density at radius 3 is 2.75 bits per heavy atom. The lowest BCUT2D eigenvalue weighted by molar-refractivity contribution is -0.115. The van der Waals surface area contributed by atoms with Crippen molar-refractivity contribution in [2.75, 3.05) is 0 Å². The Bertz CT molecular complexity index is 144. The Morgan fingerprint density at radius 2 is 2.38 bits per heavy atom. The zero-order valence-electron chi connectivity index (χ0n) is 4.01. The molecule has 0 aromatic heterocycles. The van der Waals surface area contributed by atoms with Crippen LogP contribution in [-0.4, -0.2) is 18.6 Å². The molecule has 1 aliphatic heterocycles. The molecule has 41 valence electrons. The van der Waals surface area contributed by atoms with Crippen molar-refractivity contribution in [3.05, 3.63) is 12.0 Å². The van der Waals surface area contributed by atoms with Gasteiger partial charge in [-0.15, -0.1) is 0 Å². The lowest BCUT2D eigenvalue weighted by Gasteiger charge is -2.07. The molecular weight excluding hydrogens is 107 g/mol. The summed E-state index contributed by atoms with van der Waals surface area (Å²) in [4.78, 5) is 10.3. The molecule has 0 unspecified atom stereocenters. The molecule has 1 radical (unpaired) electrons. The van der Waals surface area contributed by atoms with Crippen LogP contribution in [-0.2, 0) is 4.79 Å². The molecule has 0 spiro atoms. The molecule has 0 bridgehead atoms. The maximum Gasteiger partial charge on any atom is 0.390 e. The van der Waals surface area contributed by atoms with Crippen LogP contribution in [0.2, 0.25) is 0 Å². The van der Waals surface area contributed by atoms with Gasteiger partial charge in [-0.05, 0) is 0 Å². The van der Waals surface area contributed by atoms with E-state index in [1.807, 2.05) is 0 Å². The number of hydrogen-bond donors (Lipinski definition) is 3. The number of amides is 1. The maximum absolute atomic E-state index is 10.3. The summed E-state index contributed by atoms with van der Waals surface area (Å²) in [5, 5.41) is 13.2. The van der Waals surface area contributed by atoms with E-state index in [1.54, 1.807) is 0 Å². The molecule has 1 heterocycles. The van der Waals surface area contributed by atoms with Crippen molar-refractivity contribution in [3.8, 4) is 0 Å². The molecule has 4 nitrogen and oxygen atoms in total. The average Bonchev–Trinajstić information content (AvgIpc) is 1.64. The summed E-state index contributed by atoms with van der Waals surface area (Å²) in [7, 11) is 1.26. The summed E-state index contributed by atoms with van der Waals surface area (Å²) in [6.07, 6.45) is 1.06. The smallest absolute Gasteiger partial charge is 0.390 e. The second kappa shape index (κ2) is 1.77. The van der Waals surface area contributed by atoms with Crippen LogP contribution in [0, 0.1) is 0 Å². The Balaban J connectivity index is 2.64. The molecule has 0 saturated heterocycles. The fraction of sp³-hybridized carbons (Fsp3) is 0. The SMILES string of the molecule is O=C1C=C(O)N[B]N1. The predicted molar refractivity (Wildman–Crippen MR) is 27.7 cm³/mol. The van der Waals surface area contributed by atoms with Crippen molar-refractivity contribution in [2.24, 2.45) is 0 Å². The Morgan fingerprint density at radius 1 is 1.62 bits per heavy atom. The molecule has 1 amide bonds. The summed E-state index contributed by atoms with van der Waals surface area (Å²) in [6.45, 7) is 0. The van der Waals surface area contributed by atoms with Gasteiger partial charge in [-0.25, -0.2) is 0 Å². The van der Waals surface area contributed by atoms with E-state index in [0.717, 1.165) is 6.08 Å². The highest BCUT2D eigenvalue weighted by molar-refractivity contribution is 6.36. The van der Waals surface area contributed by atoms with E-state index in [1.165, 1.54) is 7.55 Å². The van der Waals surface area contributed by atoms with Crippen LogP contribution in [0.4, 0.5) is 0 Å². The van der Waals surface area contributed by atoms with Gasteiger partial charge in [0.15, 0.2) is 5.88 Å². The van der Waals surface area contributed by atoms with E-state index < -0.39 is 0 Å². The van der Waals surface area contributed by atoms with Crippen molar-refractivity contribution in [1.82, 2.24) is 10.5 Å². The van der Waals surface area contributed by atoms with Crippen molar-refractivity contribution >= 4 is 13.5 Å². The molecule has 1 aliphatic rings. The maximum atomic E-state index is 10.3. The minimum Gasteiger partial charge on any atom is -0.495 e. The van der Waals surface area contributed by atoms with E-state index in [9.17, 15) is 4.79 Å². The predicted octanol–water partition coefficient (Wildman–Crippen LogP) is -1.36. The van der Waals surface area contributed by atoms with E-state index >= 15 is 0 Å². The largest absolute Gasteiger partial charge is 0.495 e. The highest BCUT2D eigenvalue weighted by Crippen LogP contribution is 1.83. The molecule has 1 rings (SSSR count). The number of nitrogens with one attached hydrogen (secondary N) is 2. The third-order valence-electron chi connectivity index (χ3n) is 0.702. The molecular formula is C3H4BN2O2. The molecule has 5 heteroatoms. The average molecular weight is 111 g/mol. The first-order valence-electron chi connectivity index (χ1n) is 2.08. The first-order chi connectivity index (χ1) is 3.79. The van der Waals surface area contributed by atoms with Crippen LogP contribution in [0.3, 0.4) is 0 Å². The lowest BCUT2D eigenvalue weighted by Crippen LogP contribution is -2.41. The number of aliphatic hydroxyl groups excluding tert-OH is 1. The molecule has 0 saturated carbocycles. The van der Waals surface area contributed by atoms with Crippen LogP contribution in [0.1, 0.15) is 0 Å². The van der Waals surface area contributed by atoms with Gasteiger partial charge in [0, 0.05) is 0 Å². The van der Waals surface area contributed by atoms with Gasteiger partial charge in [-0.2, -0.15) is 0 Å². The molecule has 0 atom stereocenters. The topological polar surface area (TPSA) is 61.4 Å². The highest BCUT2D eigenvalue weighted by Gasteiger charge is 2.06. The fourth-order valence-corrected chi connectivity index (χ4v) is 0.389. The van der Waals surface area contributed by atoms with Gasteiger partial charge in [-0.1, -0.05) is 0 Å². The number of hydrogen-bond acceptors (Lipinski definition) is 3. The molecule has 0 aromatic rings. The third kappa shape index (κ3) is 0.929. The summed E-state index contributed by atoms with van der Waals surface area (Å²) < 4.78 is 0. The zero-order valence-corrected chi connectivity index (χ0v) is 4.01. The van der Waals surface area contributed by atoms with Gasteiger partial charge >= 0.3 is 7.55 Å². The van der Waals surface area contributed by atoms with Crippen LogP contribution in [0.5, 0.6) is 0 Å². The van der Waals surface area contributed by atoms with Crippen LogP contribution >= 0.6 is 0 Å². The Labute approximate surface area is 46.9 Å². The quantitative estimate of drug-likeness (QED) is 0.338. The normalized spacial score (nSPS) is 17.5. The summed E-state index contributed by atoms with van der Waals surface area (Å²) in [6, 6.07) is 0. The molecule has 0 aliphatic carbocycles. The van der Waals surface area contributed by atoms with Crippen molar-refractivity contribution < 1.29 is 9.90 Å². The fourth-order valence-electron chi connectivity index (χ4n) is 0.389. The Kier molecular flexibility index (Phi) is 1.11. The highest BCUT2D eigenvalue weighted by atomic mass is 16.3. The van der Waals surface area contributed by atoms with E-state index in [2.05, 4.69) is 10.5 Å². The van der Waals surface area contributed by atoms with Gasteiger partial charge in [0.1, 0.15) is 0 Å². The summed E-state index contributed by atoms with van der Waals surface area (Å²) >= 11 is 0. The molecule has 0 aromatic carbocycles. The van der Waals surface area contributed by atoms with Crippen molar-refractivity contribution in [1.29, 1.82) is 0 Å². The van der Waals surface area contributed by atoms with Crippen molar-refractivity contribution in [3.63, 3.8) is 0 Å². The monoisotopic (exact) mass is 111 g/mol. The van der Waals surface area contributed by atoms with Crippen LogP contribution < -0.4 is 10.5 Å². The van der Waals surface area contributed by atoms with Gasteiger partial charge in [0.05, 0.1) is 6.08 Å². The third-order valence-corrected chi connectivity index (χ3v) is 0.702. The van der Waals surface area contributed by atoms with E-state index in [-0.39, 0.29) is 11.8 Å². The number of carbonyl (C=O) groups excluding carboxylic acids is 1. The van der Waals surface area contributed by atoms with Crippen molar-refractivity contribution in [2.45, 2.75) is 0 Å². The van der Waals surface area contributed by atoms with Gasteiger partial charge in [0.25, 0.3) is 0 Å². The minimum absolute atomic E-state index is 0.131. The first kappa shape index (κ1) is 5.02. The van der Waals surface area contributed by atoms with E-state index in [4.69, 9.17) is 5.11 Å². The summed E-state index contributed by atoms with van der Waals surface area (Å²) in [5.74, 6) is -0.449. The first-order valence-corrected chi connectivity index (χ1v) is 2.08. The van der Waals surface area contributed by atoms with Gasteiger partial charge in [0.2, 0.25) is 5.91 Å². The standard InChI is InChI=1S/C3H4BN2O2/c7-2-1-3(8)6-4-5-2/h1,5,7H,(H,6,8). The van der Waals surface area contributed by atoms with E-state index in [0.29, 0.717) is 0 Å². The number of rotatable bonds is 0. The second-order valence-electron chi connectivity index (χ2n) is 1.33. The minimum atomic E-state index is -0.318. The van der Waals surface area contributed by atoms with Gasteiger partial charge in [-0.3, -0.25) is 4.79 Å².